The summed E-state index contributed by atoms with van der Waals surface area (Å²) >= 11 is 0. The average Bonchev–Trinajstić information content (AvgIpc) is 3.23. The van der Waals surface area contributed by atoms with Gasteiger partial charge in [-0.25, -0.2) is 9.36 Å². The Kier molecular flexibility index (Phi) is 4.99. The number of alkyl halides is 3. The SMILES string of the molecule is CC(C)OC(=O)n1c2cc(C(F)(F)F)ccc2c2oc(C(=O)N3CCCCC3)cc21. The van der Waals surface area contributed by atoms with E-state index in [4.69, 9.17) is 9.15 Å². The third-order valence-corrected chi connectivity index (χ3v) is 5.14. The average molecular weight is 422 g/mol. The number of fused-ring (bicyclic) bond motifs is 3. The Morgan fingerprint density at radius 2 is 1.77 bits per heavy atom. The van der Waals surface area contributed by atoms with Crippen LogP contribution in [0, 0.1) is 0 Å². The minimum atomic E-state index is -4.57. The fraction of sp³-hybridized carbons (Fsp3) is 0.429. The standard InChI is InChI=1S/C21H21F3N2O4/c1-12(2)29-20(28)26-15-10-13(21(22,23)24)6-7-14(15)18-16(26)11-17(30-18)19(27)25-8-4-3-5-9-25/h6-7,10-12H,3-5,8-9H2,1-2H3. The molecule has 0 bridgehead atoms. The Bertz CT molecular complexity index is 1120. The molecule has 30 heavy (non-hydrogen) atoms. The van der Waals surface area contributed by atoms with E-state index in [0.29, 0.717) is 18.5 Å². The van der Waals surface area contributed by atoms with Crippen LogP contribution in [0.25, 0.3) is 22.0 Å². The first-order valence-corrected chi connectivity index (χ1v) is 9.82. The van der Waals surface area contributed by atoms with E-state index in [1.807, 2.05) is 0 Å². The van der Waals surface area contributed by atoms with Gasteiger partial charge in [0.1, 0.15) is 0 Å². The Hall–Kier alpha value is -2.97. The van der Waals surface area contributed by atoms with E-state index in [1.54, 1.807) is 18.7 Å². The molecule has 1 saturated heterocycles. The molecule has 2 aromatic heterocycles. The first kappa shape index (κ1) is 20.3. The Labute approximate surface area is 170 Å². The molecule has 160 valence electrons. The van der Waals surface area contributed by atoms with Crippen LogP contribution in [-0.2, 0) is 10.9 Å². The summed E-state index contributed by atoms with van der Waals surface area (Å²) in [4.78, 5) is 27.2. The van der Waals surface area contributed by atoms with Crippen molar-refractivity contribution in [2.75, 3.05) is 13.1 Å². The molecule has 0 atom stereocenters. The van der Waals surface area contributed by atoms with Crippen molar-refractivity contribution >= 4 is 34.0 Å². The van der Waals surface area contributed by atoms with Gasteiger partial charge in [0.05, 0.1) is 22.7 Å². The Balaban J connectivity index is 1.87. The van der Waals surface area contributed by atoms with Gasteiger partial charge in [0, 0.05) is 24.5 Å². The number of halogens is 3. The molecule has 4 rings (SSSR count). The summed E-state index contributed by atoms with van der Waals surface area (Å²) < 4.78 is 51.7. The van der Waals surface area contributed by atoms with Crippen molar-refractivity contribution < 1.29 is 31.9 Å². The van der Waals surface area contributed by atoms with Crippen LogP contribution in [0.2, 0.25) is 0 Å². The third kappa shape index (κ3) is 3.53. The molecular formula is C21H21F3N2O4. The minimum absolute atomic E-state index is 0.0150. The number of carbonyl (C=O) groups is 2. The number of furan rings is 1. The van der Waals surface area contributed by atoms with Gasteiger partial charge in [0.15, 0.2) is 11.3 Å². The second-order valence-electron chi connectivity index (χ2n) is 7.68. The van der Waals surface area contributed by atoms with Crippen LogP contribution in [0.4, 0.5) is 18.0 Å². The number of rotatable bonds is 2. The fourth-order valence-electron chi connectivity index (χ4n) is 3.76. The maximum absolute atomic E-state index is 13.2. The van der Waals surface area contributed by atoms with Crippen LogP contribution >= 0.6 is 0 Å². The highest BCUT2D eigenvalue weighted by Crippen LogP contribution is 2.37. The Morgan fingerprint density at radius 1 is 1.07 bits per heavy atom. The fourth-order valence-corrected chi connectivity index (χ4v) is 3.76. The van der Waals surface area contributed by atoms with Crippen LogP contribution in [0.5, 0.6) is 0 Å². The molecular weight excluding hydrogens is 401 g/mol. The molecule has 1 aromatic carbocycles. The van der Waals surface area contributed by atoms with Gasteiger partial charge < -0.3 is 14.1 Å². The van der Waals surface area contributed by atoms with Gasteiger partial charge >= 0.3 is 12.3 Å². The van der Waals surface area contributed by atoms with Crippen LogP contribution in [0.3, 0.4) is 0 Å². The highest BCUT2D eigenvalue weighted by atomic mass is 19.4. The molecule has 0 saturated carbocycles. The minimum Gasteiger partial charge on any atom is -0.449 e. The van der Waals surface area contributed by atoms with E-state index in [-0.39, 0.29) is 28.3 Å². The second kappa shape index (κ2) is 7.37. The van der Waals surface area contributed by atoms with Crippen molar-refractivity contribution in [2.45, 2.75) is 45.4 Å². The number of likely N-dealkylation sites (tertiary alicyclic amines) is 1. The van der Waals surface area contributed by atoms with Gasteiger partial charge in [0.2, 0.25) is 0 Å². The molecule has 3 aromatic rings. The molecule has 1 aliphatic rings. The zero-order chi connectivity index (χ0) is 21.6. The van der Waals surface area contributed by atoms with Crippen LogP contribution in [0.15, 0.2) is 28.7 Å². The van der Waals surface area contributed by atoms with Gasteiger partial charge in [-0.3, -0.25) is 4.79 Å². The summed E-state index contributed by atoms with van der Waals surface area (Å²) in [5.74, 6) is -0.246. The number of amides is 1. The van der Waals surface area contributed by atoms with E-state index >= 15 is 0 Å². The normalized spacial score (nSPS) is 15.3. The summed E-state index contributed by atoms with van der Waals surface area (Å²) in [5.41, 5.74) is -0.491. The molecule has 1 fully saturated rings. The van der Waals surface area contributed by atoms with E-state index in [0.717, 1.165) is 36.0 Å². The number of nitrogens with zero attached hydrogens (tertiary/aromatic N) is 2. The van der Waals surface area contributed by atoms with E-state index in [9.17, 15) is 22.8 Å². The molecule has 9 heteroatoms. The third-order valence-electron chi connectivity index (χ3n) is 5.14. The zero-order valence-electron chi connectivity index (χ0n) is 16.6. The van der Waals surface area contributed by atoms with Crippen molar-refractivity contribution in [1.82, 2.24) is 9.47 Å². The predicted octanol–water partition coefficient (Wildman–Crippen LogP) is 5.43. The topological polar surface area (TPSA) is 64.7 Å². The largest absolute Gasteiger partial charge is 0.449 e. The quantitative estimate of drug-likeness (QED) is 0.553. The lowest BCUT2D eigenvalue weighted by molar-refractivity contribution is -0.137. The summed E-state index contributed by atoms with van der Waals surface area (Å²) in [6.07, 6.45) is -3.01. The number of carbonyl (C=O) groups excluding carboxylic acids is 2. The highest BCUT2D eigenvalue weighted by molar-refractivity contribution is 6.12. The highest BCUT2D eigenvalue weighted by Gasteiger charge is 2.33. The predicted molar refractivity (Wildman–Crippen MR) is 103 cm³/mol. The number of ether oxygens (including phenoxy) is 1. The summed E-state index contributed by atoms with van der Waals surface area (Å²) in [6.45, 7) is 4.52. The van der Waals surface area contributed by atoms with Crippen LogP contribution in [0.1, 0.15) is 49.2 Å². The molecule has 0 spiro atoms. The monoisotopic (exact) mass is 422 g/mol. The number of piperidine rings is 1. The van der Waals surface area contributed by atoms with Gasteiger partial charge in [-0.2, -0.15) is 13.2 Å². The first-order valence-electron chi connectivity index (χ1n) is 9.82. The second-order valence-corrected chi connectivity index (χ2v) is 7.68. The molecule has 0 unspecified atom stereocenters. The molecule has 0 aliphatic carbocycles. The maximum Gasteiger partial charge on any atom is 0.419 e. The molecule has 1 amide bonds. The molecule has 0 N–H and O–H groups in total. The van der Waals surface area contributed by atoms with Gasteiger partial charge in [-0.1, -0.05) is 0 Å². The van der Waals surface area contributed by atoms with Gasteiger partial charge in [0.25, 0.3) is 5.91 Å². The van der Waals surface area contributed by atoms with Crippen molar-refractivity contribution in [1.29, 1.82) is 0 Å². The summed E-state index contributed by atoms with van der Waals surface area (Å²) in [7, 11) is 0. The molecule has 0 radical (unpaired) electrons. The van der Waals surface area contributed by atoms with E-state index < -0.39 is 23.9 Å². The van der Waals surface area contributed by atoms with E-state index in [2.05, 4.69) is 0 Å². The number of benzene rings is 1. The molecule has 1 aliphatic heterocycles. The smallest absolute Gasteiger partial charge is 0.419 e. The van der Waals surface area contributed by atoms with Crippen molar-refractivity contribution in [2.24, 2.45) is 0 Å². The lowest BCUT2D eigenvalue weighted by Crippen LogP contribution is -2.35. The lowest BCUT2D eigenvalue weighted by atomic mass is 10.1. The lowest BCUT2D eigenvalue weighted by Gasteiger charge is -2.25. The Morgan fingerprint density at radius 3 is 2.40 bits per heavy atom. The number of hydrogen-bond acceptors (Lipinski definition) is 4. The van der Waals surface area contributed by atoms with Crippen LogP contribution < -0.4 is 0 Å². The molecule has 3 heterocycles. The zero-order valence-corrected chi connectivity index (χ0v) is 16.6. The van der Waals surface area contributed by atoms with Crippen molar-refractivity contribution in [3.63, 3.8) is 0 Å². The maximum atomic E-state index is 13.2. The summed E-state index contributed by atoms with van der Waals surface area (Å²) in [5, 5.41) is 0.302. The molecule has 6 nitrogen and oxygen atoms in total. The number of hydrogen-bond donors (Lipinski definition) is 0. The van der Waals surface area contributed by atoms with Gasteiger partial charge in [-0.05, 0) is 51.3 Å². The van der Waals surface area contributed by atoms with Crippen molar-refractivity contribution in [3.05, 3.63) is 35.6 Å². The van der Waals surface area contributed by atoms with E-state index in [1.165, 1.54) is 12.1 Å². The van der Waals surface area contributed by atoms with Gasteiger partial charge in [-0.15, -0.1) is 0 Å². The van der Waals surface area contributed by atoms with Crippen LogP contribution in [-0.4, -0.2) is 40.7 Å². The first-order chi connectivity index (χ1) is 14.2. The number of aromatic nitrogens is 1. The van der Waals surface area contributed by atoms with Crippen molar-refractivity contribution in [3.8, 4) is 0 Å². The summed E-state index contributed by atoms with van der Waals surface area (Å²) in [6, 6.07) is 4.46.